The molecule has 0 fully saturated rings. The Labute approximate surface area is 97.3 Å². The van der Waals surface area contributed by atoms with Crippen LogP contribution in [0.4, 0.5) is 11.4 Å². The molecule has 0 spiro atoms. The van der Waals surface area contributed by atoms with E-state index in [0.717, 1.165) is 12.2 Å². The fourth-order valence-electron chi connectivity index (χ4n) is 1.32. The van der Waals surface area contributed by atoms with Crippen molar-refractivity contribution in [2.24, 2.45) is 11.8 Å². The predicted octanol–water partition coefficient (Wildman–Crippen LogP) is 2.84. The largest absolute Gasteiger partial charge is 0.399 e. The van der Waals surface area contributed by atoms with Gasteiger partial charge in [0.05, 0.1) is 11.3 Å². The Morgan fingerprint density at radius 1 is 1.38 bits per heavy atom. The summed E-state index contributed by atoms with van der Waals surface area (Å²) in [5.74, 6) is 1.20. The molecule has 1 aromatic rings. The van der Waals surface area contributed by atoms with Crippen molar-refractivity contribution in [3.63, 3.8) is 0 Å². The molecule has 0 aliphatic heterocycles. The molecule has 0 aliphatic carbocycles. The van der Waals surface area contributed by atoms with Gasteiger partial charge in [0.25, 0.3) is 0 Å². The van der Waals surface area contributed by atoms with Crippen molar-refractivity contribution in [1.29, 1.82) is 5.26 Å². The zero-order chi connectivity index (χ0) is 12.1. The van der Waals surface area contributed by atoms with Gasteiger partial charge in [-0.2, -0.15) is 5.26 Å². The van der Waals surface area contributed by atoms with Crippen LogP contribution in [0.15, 0.2) is 18.2 Å². The van der Waals surface area contributed by atoms with Gasteiger partial charge in [0.15, 0.2) is 0 Å². The number of rotatable bonds is 4. The summed E-state index contributed by atoms with van der Waals surface area (Å²) in [4.78, 5) is 0. The van der Waals surface area contributed by atoms with Crippen LogP contribution in [0.5, 0.6) is 0 Å². The summed E-state index contributed by atoms with van der Waals surface area (Å²) in [7, 11) is 0. The molecule has 0 aromatic heterocycles. The van der Waals surface area contributed by atoms with Gasteiger partial charge in [-0.15, -0.1) is 0 Å². The molecule has 1 atom stereocenters. The number of hydrogen-bond donors (Lipinski definition) is 2. The van der Waals surface area contributed by atoms with Gasteiger partial charge in [-0.05, 0) is 30.0 Å². The van der Waals surface area contributed by atoms with Crippen LogP contribution in [0, 0.1) is 23.2 Å². The van der Waals surface area contributed by atoms with E-state index in [4.69, 9.17) is 11.0 Å². The van der Waals surface area contributed by atoms with Crippen molar-refractivity contribution in [1.82, 2.24) is 0 Å². The van der Waals surface area contributed by atoms with Crippen molar-refractivity contribution in [3.8, 4) is 6.07 Å². The molecule has 0 aliphatic rings. The first-order chi connectivity index (χ1) is 7.54. The Hall–Kier alpha value is -1.69. The van der Waals surface area contributed by atoms with E-state index in [-0.39, 0.29) is 0 Å². The van der Waals surface area contributed by atoms with E-state index >= 15 is 0 Å². The molecule has 16 heavy (non-hydrogen) atoms. The minimum Gasteiger partial charge on any atom is -0.399 e. The normalized spacial score (nSPS) is 12.2. The third-order valence-electron chi connectivity index (χ3n) is 2.92. The molecule has 3 N–H and O–H groups in total. The highest BCUT2D eigenvalue weighted by Gasteiger charge is 2.08. The highest BCUT2D eigenvalue weighted by Crippen LogP contribution is 2.19. The zero-order valence-electron chi connectivity index (χ0n) is 10.1. The van der Waals surface area contributed by atoms with E-state index in [0.29, 0.717) is 23.1 Å². The summed E-state index contributed by atoms with van der Waals surface area (Å²) in [5.41, 5.74) is 7.72. The molecule has 3 nitrogen and oxygen atoms in total. The SMILES string of the molecule is CC(C)C(C)CNc1ccc(N)cc1C#N. The summed E-state index contributed by atoms with van der Waals surface area (Å²) in [5, 5.41) is 12.3. The average molecular weight is 217 g/mol. The molecule has 0 amide bonds. The number of benzene rings is 1. The summed E-state index contributed by atoms with van der Waals surface area (Å²) >= 11 is 0. The first-order valence-corrected chi connectivity index (χ1v) is 5.58. The van der Waals surface area contributed by atoms with Crippen LogP contribution in [0.2, 0.25) is 0 Å². The molecule has 1 rings (SSSR count). The number of anilines is 2. The lowest BCUT2D eigenvalue weighted by molar-refractivity contribution is 0.440. The number of hydrogen-bond acceptors (Lipinski definition) is 3. The van der Waals surface area contributed by atoms with Crippen LogP contribution in [0.1, 0.15) is 26.3 Å². The smallest absolute Gasteiger partial charge is 0.101 e. The quantitative estimate of drug-likeness (QED) is 0.762. The molecule has 86 valence electrons. The molecule has 1 unspecified atom stereocenters. The fourth-order valence-corrected chi connectivity index (χ4v) is 1.32. The Kier molecular flexibility index (Phi) is 4.19. The highest BCUT2D eigenvalue weighted by molar-refractivity contribution is 5.62. The van der Waals surface area contributed by atoms with Crippen LogP contribution >= 0.6 is 0 Å². The minimum atomic E-state index is 0.573. The van der Waals surface area contributed by atoms with Crippen molar-refractivity contribution in [2.45, 2.75) is 20.8 Å². The highest BCUT2D eigenvalue weighted by atomic mass is 14.9. The first-order valence-electron chi connectivity index (χ1n) is 5.58. The van der Waals surface area contributed by atoms with E-state index in [9.17, 15) is 0 Å². The molecule has 0 heterocycles. The van der Waals surface area contributed by atoms with E-state index < -0.39 is 0 Å². The van der Waals surface area contributed by atoms with Crippen LogP contribution in [-0.4, -0.2) is 6.54 Å². The fraction of sp³-hybridized carbons (Fsp3) is 0.462. The molecule has 0 bridgehead atoms. The van der Waals surface area contributed by atoms with Crippen molar-refractivity contribution >= 4 is 11.4 Å². The van der Waals surface area contributed by atoms with Gasteiger partial charge in [0.1, 0.15) is 6.07 Å². The van der Waals surface area contributed by atoms with E-state index in [2.05, 4.69) is 32.2 Å². The lowest BCUT2D eigenvalue weighted by atomic mass is 9.98. The molecule has 0 radical (unpaired) electrons. The van der Waals surface area contributed by atoms with Gasteiger partial charge in [-0.3, -0.25) is 0 Å². The Bertz CT molecular complexity index is 391. The minimum absolute atomic E-state index is 0.573. The standard InChI is InChI=1S/C13H19N3/c1-9(2)10(3)8-16-13-5-4-12(15)6-11(13)7-14/h4-6,9-10,16H,8,15H2,1-3H3. The molecule has 3 heteroatoms. The monoisotopic (exact) mass is 217 g/mol. The zero-order valence-corrected chi connectivity index (χ0v) is 10.1. The topological polar surface area (TPSA) is 61.8 Å². The summed E-state index contributed by atoms with van der Waals surface area (Å²) < 4.78 is 0. The third kappa shape index (κ3) is 3.16. The van der Waals surface area contributed by atoms with Gasteiger partial charge >= 0.3 is 0 Å². The van der Waals surface area contributed by atoms with E-state index in [1.54, 1.807) is 6.07 Å². The predicted molar refractivity (Wildman–Crippen MR) is 68.1 cm³/mol. The second-order valence-corrected chi connectivity index (χ2v) is 4.52. The maximum absolute atomic E-state index is 8.97. The van der Waals surface area contributed by atoms with Crippen LogP contribution < -0.4 is 11.1 Å². The Morgan fingerprint density at radius 3 is 2.62 bits per heavy atom. The van der Waals surface area contributed by atoms with Gasteiger partial charge < -0.3 is 11.1 Å². The van der Waals surface area contributed by atoms with E-state index in [1.165, 1.54) is 0 Å². The van der Waals surface area contributed by atoms with Crippen molar-refractivity contribution in [3.05, 3.63) is 23.8 Å². The van der Waals surface area contributed by atoms with Crippen LogP contribution in [0.25, 0.3) is 0 Å². The molecular weight excluding hydrogens is 198 g/mol. The summed E-state index contributed by atoms with van der Waals surface area (Å²) in [6.07, 6.45) is 0. The number of nitrogen functional groups attached to an aromatic ring is 1. The Balaban J connectivity index is 2.71. The lowest BCUT2D eigenvalue weighted by Gasteiger charge is -2.17. The number of nitriles is 1. The molecule has 0 saturated carbocycles. The van der Waals surface area contributed by atoms with Gasteiger partial charge in [-0.1, -0.05) is 20.8 Å². The summed E-state index contributed by atoms with van der Waals surface area (Å²) in [6.45, 7) is 7.46. The molecular formula is C13H19N3. The molecule has 1 aromatic carbocycles. The number of nitrogens with zero attached hydrogens (tertiary/aromatic N) is 1. The second-order valence-electron chi connectivity index (χ2n) is 4.52. The molecule has 0 saturated heterocycles. The van der Waals surface area contributed by atoms with Crippen molar-refractivity contribution in [2.75, 3.05) is 17.6 Å². The second kappa shape index (κ2) is 5.41. The number of nitrogens with two attached hydrogens (primary N) is 1. The van der Waals surface area contributed by atoms with Gasteiger partial charge in [0.2, 0.25) is 0 Å². The lowest BCUT2D eigenvalue weighted by Crippen LogP contribution is -2.16. The maximum Gasteiger partial charge on any atom is 0.101 e. The first kappa shape index (κ1) is 12.4. The van der Waals surface area contributed by atoms with Gasteiger partial charge in [0, 0.05) is 12.2 Å². The average Bonchev–Trinajstić information content (AvgIpc) is 2.26. The number of nitrogens with one attached hydrogen (secondary N) is 1. The third-order valence-corrected chi connectivity index (χ3v) is 2.92. The van der Waals surface area contributed by atoms with Gasteiger partial charge in [-0.25, -0.2) is 0 Å². The van der Waals surface area contributed by atoms with Crippen molar-refractivity contribution < 1.29 is 0 Å². The van der Waals surface area contributed by atoms with Crippen LogP contribution in [-0.2, 0) is 0 Å². The van der Waals surface area contributed by atoms with E-state index in [1.807, 2.05) is 12.1 Å². The Morgan fingerprint density at radius 2 is 2.06 bits per heavy atom. The summed E-state index contributed by atoms with van der Waals surface area (Å²) in [6, 6.07) is 7.51. The maximum atomic E-state index is 8.97. The van der Waals surface area contributed by atoms with Crippen LogP contribution in [0.3, 0.4) is 0 Å².